The van der Waals surface area contributed by atoms with Crippen LogP contribution in [0.15, 0.2) is 53.3 Å². The first-order valence-corrected chi connectivity index (χ1v) is 9.76. The second-order valence-corrected chi connectivity index (χ2v) is 7.14. The second kappa shape index (κ2) is 7.83. The molecule has 29 heavy (non-hydrogen) atoms. The fourth-order valence-corrected chi connectivity index (χ4v) is 3.43. The van der Waals surface area contributed by atoms with Gasteiger partial charge >= 0.3 is 0 Å². The Hall–Kier alpha value is -3.54. The first kappa shape index (κ1) is 18.8. The van der Waals surface area contributed by atoms with E-state index < -0.39 is 0 Å². The van der Waals surface area contributed by atoms with Gasteiger partial charge in [-0.1, -0.05) is 55.3 Å². The minimum Gasteiger partial charge on any atom is -0.294 e. The number of anilines is 2. The average molecular weight is 385 g/mol. The number of nitrogens with one attached hydrogen (secondary N) is 2. The van der Waals surface area contributed by atoms with Crippen molar-refractivity contribution in [3.8, 4) is 11.3 Å². The Morgan fingerprint density at radius 2 is 1.79 bits per heavy atom. The highest BCUT2D eigenvalue weighted by Gasteiger charge is 2.14. The number of hydrogen-bond acceptors (Lipinski definition) is 5. The predicted molar refractivity (Wildman–Crippen MR) is 117 cm³/mol. The monoisotopic (exact) mass is 385 g/mol. The van der Waals surface area contributed by atoms with Gasteiger partial charge in [-0.05, 0) is 32.4 Å². The summed E-state index contributed by atoms with van der Waals surface area (Å²) in [5, 5.41) is 4.10. The zero-order valence-corrected chi connectivity index (χ0v) is 16.8. The lowest BCUT2D eigenvalue weighted by Crippen LogP contribution is -2.18. The van der Waals surface area contributed by atoms with Crippen LogP contribution in [0.1, 0.15) is 30.2 Å². The Bertz CT molecular complexity index is 1230. The summed E-state index contributed by atoms with van der Waals surface area (Å²) in [5.41, 5.74) is 5.03. The van der Waals surface area contributed by atoms with Crippen LogP contribution in [0.3, 0.4) is 0 Å². The van der Waals surface area contributed by atoms with Gasteiger partial charge in [0.2, 0.25) is 11.9 Å². The summed E-state index contributed by atoms with van der Waals surface area (Å²) < 4.78 is 0. The summed E-state index contributed by atoms with van der Waals surface area (Å²) in [6.07, 6.45) is 1.53. The fourth-order valence-electron chi connectivity index (χ4n) is 3.43. The molecule has 0 unspecified atom stereocenters. The number of H-pyrrole nitrogens is 1. The average Bonchev–Trinajstić information content (AvgIpc) is 2.71. The molecule has 0 amide bonds. The van der Waals surface area contributed by atoms with Crippen molar-refractivity contribution >= 4 is 22.8 Å². The second-order valence-electron chi connectivity index (χ2n) is 7.14. The summed E-state index contributed by atoms with van der Waals surface area (Å²) in [6.45, 7) is 6.04. The zero-order chi connectivity index (χ0) is 20.4. The van der Waals surface area contributed by atoms with Crippen LogP contribution in [0.25, 0.3) is 22.2 Å². The summed E-state index contributed by atoms with van der Waals surface area (Å²) in [5.74, 6) is 0.740. The molecule has 0 aliphatic rings. The normalized spacial score (nSPS) is 11.0. The molecule has 2 N–H and O–H groups in total. The van der Waals surface area contributed by atoms with Crippen molar-refractivity contribution in [1.29, 1.82) is 0 Å². The smallest absolute Gasteiger partial charge is 0.256 e. The minimum atomic E-state index is -0.142. The van der Waals surface area contributed by atoms with E-state index in [1.807, 2.05) is 63.2 Å². The van der Waals surface area contributed by atoms with E-state index in [0.717, 1.165) is 34.1 Å². The van der Waals surface area contributed by atoms with Crippen molar-refractivity contribution in [1.82, 2.24) is 19.9 Å². The third-order valence-corrected chi connectivity index (χ3v) is 4.83. The number of rotatable bonds is 5. The molecule has 0 saturated heterocycles. The Labute approximate surface area is 169 Å². The van der Waals surface area contributed by atoms with E-state index in [4.69, 9.17) is 4.98 Å². The lowest BCUT2D eigenvalue weighted by molar-refractivity contribution is 0.889. The summed E-state index contributed by atoms with van der Waals surface area (Å²) in [7, 11) is 0. The molecular formula is C23H23N5O. The lowest BCUT2D eigenvalue weighted by Gasteiger charge is -2.12. The van der Waals surface area contributed by atoms with Crippen molar-refractivity contribution in [2.45, 2.75) is 33.6 Å². The quantitative estimate of drug-likeness (QED) is 0.520. The molecule has 146 valence electrons. The number of aromatic nitrogens is 4. The van der Waals surface area contributed by atoms with Crippen LogP contribution < -0.4 is 10.9 Å². The van der Waals surface area contributed by atoms with Gasteiger partial charge in [-0.25, -0.2) is 15.0 Å². The molecule has 0 fully saturated rings. The number of hydrogen-bond donors (Lipinski definition) is 2. The van der Waals surface area contributed by atoms with Crippen LogP contribution in [-0.2, 0) is 6.42 Å². The van der Waals surface area contributed by atoms with Crippen molar-refractivity contribution < 1.29 is 0 Å². The molecule has 0 spiro atoms. The third-order valence-electron chi connectivity index (χ3n) is 4.83. The summed E-state index contributed by atoms with van der Waals surface area (Å²) in [4.78, 5) is 29.4. The molecule has 2 aromatic carbocycles. The standard InChI is InChI=1S/C23H23N5O/c1-4-8-17-20(16-9-6-5-7-10-16)26-23(27-21(17)29)28-22-24-15(3)18-13-14(2)11-12-19(18)25-22/h5-7,9-13H,4,8H2,1-3H3,(H2,24,25,26,27,28,29). The van der Waals surface area contributed by atoms with E-state index in [1.54, 1.807) is 0 Å². The van der Waals surface area contributed by atoms with E-state index in [1.165, 1.54) is 0 Å². The molecule has 4 rings (SSSR count). The molecule has 2 aromatic heterocycles. The van der Waals surface area contributed by atoms with Gasteiger partial charge < -0.3 is 0 Å². The third kappa shape index (κ3) is 3.87. The predicted octanol–water partition coefficient (Wildman–Crippen LogP) is 4.69. The molecule has 0 atom stereocenters. The van der Waals surface area contributed by atoms with Crippen molar-refractivity contribution in [3.63, 3.8) is 0 Å². The van der Waals surface area contributed by atoms with Gasteiger partial charge in [0.05, 0.1) is 16.9 Å². The molecule has 6 nitrogen and oxygen atoms in total. The largest absolute Gasteiger partial charge is 0.294 e. The zero-order valence-electron chi connectivity index (χ0n) is 16.8. The van der Waals surface area contributed by atoms with Gasteiger partial charge in [-0.15, -0.1) is 0 Å². The number of benzene rings is 2. The maximum atomic E-state index is 12.8. The molecule has 0 aliphatic carbocycles. The maximum Gasteiger partial charge on any atom is 0.256 e. The SMILES string of the molecule is CCCc1c(-c2ccccc2)nc(Nc2nc(C)c3cc(C)ccc3n2)[nH]c1=O. The molecule has 4 aromatic rings. The van der Waals surface area contributed by atoms with Gasteiger partial charge in [0.1, 0.15) is 0 Å². The molecule has 0 radical (unpaired) electrons. The number of nitrogens with zero attached hydrogens (tertiary/aromatic N) is 3. The van der Waals surface area contributed by atoms with Crippen LogP contribution >= 0.6 is 0 Å². The van der Waals surface area contributed by atoms with Crippen LogP contribution in [0, 0.1) is 13.8 Å². The van der Waals surface area contributed by atoms with Gasteiger partial charge in [0.15, 0.2) is 0 Å². The summed E-state index contributed by atoms with van der Waals surface area (Å²) >= 11 is 0. The molecule has 2 heterocycles. The molecular weight excluding hydrogens is 362 g/mol. The Morgan fingerprint density at radius 3 is 2.55 bits per heavy atom. The van der Waals surface area contributed by atoms with Crippen LogP contribution in [0.4, 0.5) is 11.9 Å². The number of fused-ring (bicyclic) bond motifs is 1. The summed E-state index contributed by atoms with van der Waals surface area (Å²) in [6, 6.07) is 15.8. The van der Waals surface area contributed by atoms with Crippen molar-refractivity contribution in [2.75, 3.05) is 5.32 Å². The van der Waals surface area contributed by atoms with Crippen LogP contribution in [0.5, 0.6) is 0 Å². The van der Waals surface area contributed by atoms with Crippen LogP contribution in [-0.4, -0.2) is 19.9 Å². The van der Waals surface area contributed by atoms with Gasteiger partial charge in [0, 0.05) is 16.5 Å². The van der Waals surface area contributed by atoms with Gasteiger partial charge in [-0.3, -0.25) is 15.1 Å². The van der Waals surface area contributed by atoms with E-state index in [-0.39, 0.29) is 5.56 Å². The number of aryl methyl sites for hydroxylation is 2. The minimum absolute atomic E-state index is 0.142. The Morgan fingerprint density at radius 1 is 1.00 bits per heavy atom. The van der Waals surface area contributed by atoms with Gasteiger partial charge in [-0.2, -0.15) is 0 Å². The molecule has 6 heteroatoms. The Kier molecular flexibility index (Phi) is 5.08. The topological polar surface area (TPSA) is 83.6 Å². The molecule has 0 bridgehead atoms. The first-order chi connectivity index (χ1) is 14.0. The first-order valence-electron chi connectivity index (χ1n) is 9.76. The van der Waals surface area contributed by atoms with Gasteiger partial charge in [0.25, 0.3) is 5.56 Å². The van der Waals surface area contributed by atoms with Crippen LogP contribution in [0.2, 0.25) is 0 Å². The molecule has 0 aliphatic heterocycles. The van der Waals surface area contributed by atoms with Crippen molar-refractivity contribution in [3.05, 3.63) is 75.7 Å². The highest BCUT2D eigenvalue weighted by atomic mass is 16.1. The van der Waals surface area contributed by atoms with E-state index in [2.05, 4.69) is 26.3 Å². The van der Waals surface area contributed by atoms with E-state index >= 15 is 0 Å². The highest BCUT2D eigenvalue weighted by molar-refractivity contribution is 5.82. The van der Waals surface area contributed by atoms with E-state index in [0.29, 0.717) is 29.6 Å². The Balaban J connectivity index is 1.78. The molecule has 0 saturated carbocycles. The van der Waals surface area contributed by atoms with E-state index in [9.17, 15) is 4.79 Å². The number of aromatic amines is 1. The fraction of sp³-hybridized carbons (Fsp3) is 0.217. The maximum absolute atomic E-state index is 12.8. The highest BCUT2D eigenvalue weighted by Crippen LogP contribution is 2.23. The van der Waals surface area contributed by atoms with Crippen molar-refractivity contribution in [2.24, 2.45) is 0 Å². The lowest BCUT2D eigenvalue weighted by atomic mass is 10.0.